The monoisotopic (exact) mass is 304 g/mol. The summed E-state index contributed by atoms with van der Waals surface area (Å²) in [7, 11) is 0. The van der Waals surface area contributed by atoms with Crippen LogP contribution in [-0.2, 0) is 4.74 Å². The number of halogens is 3. The van der Waals surface area contributed by atoms with E-state index in [0.29, 0.717) is 5.02 Å². The summed E-state index contributed by atoms with van der Waals surface area (Å²) < 4.78 is 5.34. The van der Waals surface area contributed by atoms with Gasteiger partial charge >= 0.3 is 5.97 Å². The van der Waals surface area contributed by atoms with E-state index in [-0.39, 0.29) is 21.7 Å². The molecular weight excluding hydrogens is 294 g/mol. The molecule has 0 aromatic heterocycles. The smallest absolute Gasteiger partial charge is 0.341 e. The molecular formula is C13H11Cl3O2. The summed E-state index contributed by atoms with van der Waals surface area (Å²) in [6.45, 7) is 0. The highest BCUT2D eigenvalue weighted by Crippen LogP contribution is 2.30. The first-order valence-corrected chi connectivity index (χ1v) is 6.73. The average molecular weight is 306 g/mol. The number of carbonyl (C=O) groups is 1. The molecule has 18 heavy (non-hydrogen) atoms. The second kappa shape index (κ2) is 5.96. The summed E-state index contributed by atoms with van der Waals surface area (Å²) in [6.07, 6.45) is 6.55. The quantitative estimate of drug-likeness (QED) is 0.573. The molecule has 0 N–H and O–H groups in total. The Balaban J connectivity index is 2.18. The Morgan fingerprint density at radius 3 is 2.44 bits per heavy atom. The molecule has 0 amide bonds. The van der Waals surface area contributed by atoms with E-state index in [2.05, 4.69) is 0 Å². The minimum absolute atomic E-state index is 0.168. The van der Waals surface area contributed by atoms with Gasteiger partial charge in [-0.15, -0.1) is 0 Å². The van der Waals surface area contributed by atoms with Gasteiger partial charge < -0.3 is 4.74 Å². The maximum absolute atomic E-state index is 12.0. The number of hydrogen-bond donors (Lipinski definition) is 0. The molecule has 1 aromatic carbocycles. The molecule has 1 aromatic rings. The normalized spacial score (nSPS) is 18.7. The van der Waals surface area contributed by atoms with E-state index in [4.69, 9.17) is 39.5 Å². The van der Waals surface area contributed by atoms with E-state index in [0.717, 1.165) is 19.3 Å². The summed E-state index contributed by atoms with van der Waals surface area (Å²) in [4.78, 5) is 12.0. The zero-order valence-electron chi connectivity index (χ0n) is 9.46. The van der Waals surface area contributed by atoms with Crippen molar-refractivity contribution in [3.05, 3.63) is 44.9 Å². The molecule has 0 unspecified atom stereocenters. The molecule has 0 heterocycles. The van der Waals surface area contributed by atoms with E-state index in [1.165, 1.54) is 12.1 Å². The van der Waals surface area contributed by atoms with Gasteiger partial charge in [-0.1, -0.05) is 40.9 Å². The number of allylic oxidation sites excluding steroid dienone is 1. The summed E-state index contributed by atoms with van der Waals surface area (Å²) >= 11 is 17.7. The Morgan fingerprint density at radius 2 is 1.89 bits per heavy atom. The van der Waals surface area contributed by atoms with Crippen LogP contribution in [0.2, 0.25) is 15.1 Å². The van der Waals surface area contributed by atoms with Crippen molar-refractivity contribution in [2.45, 2.75) is 25.4 Å². The van der Waals surface area contributed by atoms with Gasteiger partial charge in [-0.2, -0.15) is 0 Å². The number of carbonyl (C=O) groups excluding carboxylic acids is 1. The lowest BCUT2D eigenvalue weighted by atomic mass is 10.1. The fraction of sp³-hybridized carbons (Fsp3) is 0.308. The molecule has 2 rings (SSSR count). The molecule has 1 aliphatic carbocycles. The third kappa shape index (κ3) is 3.19. The van der Waals surface area contributed by atoms with Gasteiger partial charge in [0.1, 0.15) is 6.10 Å². The molecule has 2 nitrogen and oxygen atoms in total. The van der Waals surface area contributed by atoms with E-state index in [1.54, 1.807) is 0 Å². The Kier molecular flexibility index (Phi) is 4.55. The fourth-order valence-electron chi connectivity index (χ4n) is 1.81. The van der Waals surface area contributed by atoms with Crippen LogP contribution in [0.1, 0.15) is 29.6 Å². The minimum atomic E-state index is -0.516. The lowest BCUT2D eigenvalue weighted by Crippen LogP contribution is -2.18. The third-order valence-corrected chi connectivity index (χ3v) is 3.49. The van der Waals surface area contributed by atoms with Gasteiger partial charge in [0.05, 0.1) is 15.6 Å². The second-order valence-corrected chi connectivity index (χ2v) is 5.30. The van der Waals surface area contributed by atoms with Crippen molar-refractivity contribution in [1.29, 1.82) is 0 Å². The Hall–Kier alpha value is -0.700. The molecule has 0 bridgehead atoms. The van der Waals surface area contributed by atoms with E-state index in [9.17, 15) is 4.79 Å². The van der Waals surface area contributed by atoms with E-state index in [1.807, 2.05) is 12.2 Å². The van der Waals surface area contributed by atoms with Crippen LogP contribution >= 0.6 is 34.8 Å². The molecule has 0 saturated heterocycles. The first-order chi connectivity index (χ1) is 8.58. The van der Waals surface area contributed by atoms with Gasteiger partial charge in [0.2, 0.25) is 0 Å². The van der Waals surface area contributed by atoms with Crippen LogP contribution in [0, 0.1) is 0 Å². The molecule has 0 spiro atoms. The molecule has 0 saturated carbocycles. The van der Waals surface area contributed by atoms with Crippen molar-refractivity contribution in [1.82, 2.24) is 0 Å². The van der Waals surface area contributed by atoms with Gasteiger partial charge in [-0.05, 0) is 37.5 Å². The lowest BCUT2D eigenvalue weighted by molar-refractivity contribution is 0.0370. The Morgan fingerprint density at radius 1 is 1.22 bits per heavy atom. The maximum Gasteiger partial charge on any atom is 0.341 e. The topological polar surface area (TPSA) is 26.3 Å². The predicted molar refractivity (Wildman–Crippen MR) is 73.7 cm³/mol. The van der Waals surface area contributed by atoms with Crippen molar-refractivity contribution in [2.75, 3.05) is 0 Å². The van der Waals surface area contributed by atoms with Gasteiger partial charge in [0, 0.05) is 5.02 Å². The average Bonchev–Trinajstić information content (AvgIpc) is 2.28. The molecule has 0 aliphatic heterocycles. The van der Waals surface area contributed by atoms with Crippen LogP contribution in [0.5, 0.6) is 0 Å². The summed E-state index contributed by atoms with van der Waals surface area (Å²) in [6, 6.07) is 2.95. The van der Waals surface area contributed by atoms with Crippen molar-refractivity contribution in [3.63, 3.8) is 0 Å². The van der Waals surface area contributed by atoms with Gasteiger partial charge in [0.15, 0.2) is 0 Å². The van der Waals surface area contributed by atoms with Gasteiger partial charge in [0.25, 0.3) is 0 Å². The van der Waals surface area contributed by atoms with Crippen molar-refractivity contribution >= 4 is 40.8 Å². The Labute approximate surface area is 120 Å². The molecule has 1 aliphatic rings. The van der Waals surface area contributed by atoms with E-state index >= 15 is 0 Å². The summed E-state index contributed by atoms with van der Waals surface area (Å²) in [5.74, 6) is -0.516. The van der Waals surface area contributed by atoms with Gasteiger partial charge in [-0.3, -0.25) is 0 Å². The highest BCUT2D eigenvalue weighted by atomic mass is 35.5. The zero-order valence-corrected chi connectivity index (χ0v) is 11.7. The highest BCUT2D eigenvalue weighted by Gasteiger charge is 2.21. The van der Waals surface area contributed by atoms with Crippen LogP contribution in [0.4, 0.5) is 0 Å². The molecule has 1 atom stereocenters. The van der Waals surface area contributed by atoms with Crippen LogP contribution < -0.4 is 0 Å². The predicted octanol–water partition coefficient (Wildman–Crippen LogP) is 4.91. The minimum Gasteiger partial charge on any atom is -0.454 e. The standard InChI is InChI=1S/C13H11Cl3O2/c14-8-6-10(15)12(11(16)7-8)13(17)18-9-4-2-1-3-5-9/h2,4,6-7,9H,1,3,5H2/t9-/m1/s1. The molecule has 0 radical (unpaired) electrons. The zero-order chi connectivity index (χ0) is 13.1. The largest absolute Gasteiger partial charge is 0.454 e. The molecule has 0 fully saturated rings. The van der Waals surface area contributed by atoms with Crippen molar-refractivity contribution in [3.8, 4) is 0 Å². The van der Waals surface area contributed by atoms with E-state index < -0.39 is 5.97 Å². The fourth-order valence-corrected chi connectivity index (χ4v) is 2.78. The number of benzene rings is 1. The van der Waals surface area contributed by atoms with Crippen LogP contribution in [0.3, 0.4) is 0 Å². The lowest BCUT2D eigenvalue weighted by Gasteiger charge is -2.18. The number of rotatable bonds is 2. The highest BCUT2D eigenvalue weighted by molar-refractivity contribution is 6.41. The van der Waals surface area contributed by atoms with Crippen LogP contribution in [-0.4, -0.2) is 12.1 Å². The molecule has 96 valence electrons. The molecule has 5 heteroatoms. The number of ether oxygens (including phenoxy) is 1. The maximum atomic E-state index is 12.0. The SMILES string of the molecule is O=C(O[C@@H]1C=CCCC1)c1c(Cl)cc(Cl)cc1Cl. The third-order valence-electron chi connectivity index (χ3n) is 2.68. The number of esters is 1. The Bertz CT molecular complexity index is 474. The first-order valence-electron chi connectivity index (χ1n) is 5.60. The summed E-state index contributed by atoms with van der Waals surface area (Å²) in [5.41, 5.74) is 0.168. The second-order valence-electron chi connectivity index (χ2n) is 4.05. The van der Waals surface area contributed by atoms with Crippen molar-refractivity contribution in [2.24, 2.45) is 0 Å². The van der Waals surface area contributed by atoms with Crippen LogP contribution in [0.25, 0.3) is 0 Å². The number of hydrogen-bond acceptors (Lipinski definition) is 2. The van der Waals surface area contributed by atoms with Crippen LogP contribution in [0.15, 0.2) is 24.3 Å². The van der Waals surface area contributed by atoms with Crippen molar-refractivity contribution < 1.29 is 9.53 Å². The summed E-state index contributed by atoms with van der Waals surface area (Å²) in [5, 5.41) is 0.800. The first kappa shape index (κ1) is 13.7. The van der Waals surface area contributed by atoms with Gasteiger partial charge in [-0.25, -0.2) is 4.79 Å².